The summed E-state index contributed by atoms with van der Waals surface area (Å²) in [6.45, 7) is 6.59. The Balaban J connectivity index is 3.27. The highest BCUT2D eigenvalue weighted by molar-refractivity contribution is 6.34. The maximum absolute atomic E-state index is 6.34. The van der Waals surface area contributed by atoms with E-state index in [0.717, 1.165) is 12.0 Å². The molecule has 0 amide bonds. The molecular formula is C14H21Cl2NO. The first-order valence-corrected chi connectivity index (χ1v) is 6.83. The van der Waals surface area contributed by atoms with Crippen LogP contribution in [-0.4, -0.2) is 14.2 Å². The van der Waals surface area contributed by atoms with E-state index in [-0.39, 0.29) is 11.5 Å². The molecule has 0 heterocycles. The smallest absolute Gasteiger partial charge is 0.138 e. The van der Waals surface area contributed by atoms with Crippen molar-refractivity contribution in [2.75, 3.05) is 14.2 Å². The van der Waals surface area contributed by atoms with E-state index in [9.17, 15) is 0 Å². The monoisotopic (exact) mass is 289 g/mol. The molecule has 4 heteroatoms. The van der Waals surface area contributed by atoms with Gasteiger partial charge in [-0.25, -0.2) is 0 Å². The summed E-state index contributed by atoms with van der Waals surface area (Å²) in [5.41, 5.74) is 1.10. The number of hydrogen-bond donors (Lipinski definition) is 1. The Bertz CT molecular complexity index is 419. The highest BCUT2D eigenvalue weighted by Gasteiger charge is 2.30. The van der Waals surface area contributed by atoms with Crippen LogP contribution in [0.15, 0.2) is 12.1 Å². The quantitative estimate of drug-likeness (QED) is 0.848. The van der Waals surface area contributed by atoms with Crippen molar-refractivity contribution in [3.05, 3.63) is 27.7 Å². The van der Waals surface area contributed by atoms with E-state index in [4.69, 9.17) is 27.9 Å². The number of ether oxygens (including phenoxy) is 1. The number of hydrogen-bond acceptors (Lipinski definition) is 2. The average molecular weight is 290 g/mol. The van der Waals surface area contributed by atoms with Gasteiger partial charge in [0.15, 0.2) is 0 Å². The van der Waals surface area contributed by atoms with Gasteiger partial charge in [-0.2, -0.15) is 0 Å². The molecule has 0 fully saturated rings. The zero-order valence-corrected chi connectivity index (χ0v) is 13.1. The van der Waals surface area contributed by atoms with Gasteiger partial charge in [-0.05, 0) is 30.5 Å². The van der Waals surface area contributed by atoms with Gasteiger partial charge in [0.2, 0.25) is 0 Å². The standard InChI is InChI=1S/C14H21Cl2NO/c1-6-14(2,3)13(17-4)9-7-11(16)12(18-5)8-10(9)15/h7-8,13,17H,6H2,1-5H3. The van der Waals surface area contributed by atoms with Crippen LogP contribution in [0, 0.1) is 5.41 Å². The zero-order chi connectivity index (χ0) is 13.9. The molecule has 0 aliphatic carbocycles. The lowest BCUT2D eigenvalue weighted by molar-refractivity contribution is 0.245. The number of benzene rings is 1. The second-order valence-electron chi connectivity index (χ2n) is 5.07. The fourth-order valence-corrected chi connectivity index (χ4v) is 2.60. The maximum Gasteiger partial charge on any atom is 0.138 e. The van der Waals surface area contributed by atoms with Crippen LogP contribution >= 0.6 is 23.2 Å². The zero-order valence-electron chi connectivity index (χ0n) is 11.6. The summed E-state index contributed by atoms with van der Waals surface area (Å²) in [6.07, 6.45) is 1.04. The molecule has 18 heavy (non-hydrogen) atoms. The van der Waals surface area contributed by atoms with Crippen LogP contribution in [0.2, 0.25) is 10.0 Å². The van der Waals surface area contributed by atoms with Crippen molar-refractivity contribution < 1.29 is 4.74 Å². The number of halogens is 2. The van der Waals surface area contributed by atoms with Crippen molar-refractivity contribution in [3.8, 4) is 5.75 Å². The molecule has 0 saturated carbocycles. The summed E-state index contributed by atoms with van der Waals surface area (Å²) in [5, 5.41) is 4.60. The van der Waals surface area contributed by atoms with E-state index >= 15 is 0 Å². The van der Waals surface area contributed by atoms with Gasteiger partial charge >= 0.3 is 0 Å². The number of rotatable bonds is 5. The lowest BCUT2D eigenvalue weighted by Crippen LogP contribution is -2.31. The Hall–Kier alpha value is -0.440. The van der Waals surface area contributed by atoms with E-state index in [0.29, 0.717) is 15.8 Å². The van der Waals surface area contributed by atoms with Crippen molar-refractivity contribution in [3.63, 3.8) is 0 Å². The number of methoxy groups -OCH3 is 1. The largest absolute Gasteiger partial charge is 0.495 e. The summed E-state index contributed by atoms with van der Waals surface area (Å²) in [5.74, 6) is 0.606. The van der Waals surface area contributed by atoms with E-state index < -0.39 is 0 Å². The predicted octanol–water partition coefficient (Wildman–Crippen LogP) is 4.70. The Kier molecular flexibility index (Phi) is 5.32. The summed E-state index contributed by atoms with van der Waals surface area (Å²) >= 11 is 12.5. The van der Waals surface area contributed by atoms with Gasteiger partial charge in [0.1, 0.15) is 5.75 Å². The topological polar surface area (TPSA) is 21.3 Å². The number of nitrogens with one attached hydrogen (secondary N) is 1. The Morgan fingerprint density at radius 1 is 1.28 bits per heavy atom. The first-order valence-electron chi connectivity index (χ1n) is 6.07. The molecule has 1 N–H and O–H groups in total. The lowest BCUT2D eigenvalue weighted by atomic mass is 9.78. The third-order valence-electron chi connectivity index (χ3n) is 3.56. The third kappa shape index (κ3) is 3.11. The van der Waals surface area contributed by atoms with Crippen LogP contribution in [0.4, 0.5) is 0 Å². The van der Waals surface area contributed by atoms with E-state index in [1.165, 1.54) is 0 Å². The van der Waals surface area contributed by atoms with Gasteiger partial charge < -0.3 is 10.1 Å². The molecule has 1 unspecified atom stereocenters. The molecule has 0 spiro atoms. The SMILES string of the molecule is CCC(C)(C)C(NC)c1cc(Cl)c(OC)cc1Cl. The minimum absolute atomic E-state index is 0.0936. The maximum atomic E-state index is 6.34. The minimum Gasteiger partial charge on any atom is -0.495 e. The van der Waals surface area contributed by atoms with Gasteiger partial charge in [0.05, 0.1) is 12.1 Å². The predicted molar refractivity (Wildman–Crippen MR) is 78.9 cm³/mol. The van der Waals surface area contributed by atoms with E-state index in [1.807, 2.05) is 13.1 Å². The molecule has 0 aliphatic rings. The first-order chi connectivity index (χ1) is 8.37. The normalized spacial score (nSPS) is 13.5. The van der Waals surface area contributed by atoms with E-state index in [2.05, 4.69) is 26.1 Å². The summed E-state index contributed by atoms with van der Waals surface area (Å²) < 4.78 is 5.17. The molecular weight excluding hydrogens is 269 g/mol. The van der Waals surface area contributed by atoms with Crippen molar-refractivity contribution in [1.29, 1.82) is 0 Å². The molecule has 0 radical (unpaired) electrons. The molecule has 0 aromatic heterocycles. The van der Waals surface area contributed by atoms with Gasteiger partial charge in [0.25, 0.3) is 0 Å². The van der Waals surface area contributed by atoms with Gasteiger partial charge in [-0.15, -0.1) is 0 Å². The molecule has 1 aromatic carbocycles. The van der Waals surface area contributed by atoms with Crippen LogP contribution in [0.3, 0.4) is 0 Å². The fourth-order valence-electron chi connectivity index (χ4n) is 2.09. The molecule has 1 atom stereocenters. The van der Waals surface area contributed by atoms with Crippen LogP contribution < -0.4 is 10.1 Å². The highest BCUT2D eigenvalue weighted by atomic mass is 35.5. The van der Waals surface area contributed by atoms with Crippen molar-refractivity contribution in [2.24, 2.45) is 5.41 Å². The van der Waals surface area contributed by atoms with Crippen molar-refractivity contribution in [2.45, 2.75) is 33.2 Å². The fraction of sp³-hybridized carbons (Fsp3) is 0.571. The second-order valence-corrected chi connectivity index (χ2v) is 5.89. The summed E-state index contributed by atoms with van der Waals surface area (Å²) in [6, 6.07) is 3.81. The van der Waals surface area contributed by atoms with Gasteiger partial charge in [-0.3, -0.25) is 0 Å². The lowest BCUT2D eigenvalue weighted by Gasteiger charge is -2.34. The average Bonchev–Trinajstić information content (AvgIpc) is 2.33. The molecule has 0 bridgehead atoms. The Morgan fingerprint density at radius 3 is 2.33 bits per heavy atom. The van der Waals surface area contributed by atoms with Crippen LogP contribution in [0.25, 0.3) is 0 Å². The first kappa shape index (κ1) is 15.6. The molecule has 2 nitrogen and oxygen atoms in total. The summed E-state index contributed by atoms with van der Waals surface area (Å²) in [7, 11) is 3.53. The Labute approximate surface area is 120 Å². The highest BCUT2D eigenvalue weighted by Crippen LogP contribution is 2.42. The van der Waals surface area contributed by atoms with Crippen LogP contribution in [0.1, 0.15) is 38.8 Å². The molecule has 102 valence electrons. The Morgan fingerprint density at radius 2 is 1.89 bits per heavy atom. The van der Waals surface area contributed by atoms with Crippen molar-refractivity contribution >= 4 is 23.2 Å². The molecule has 1 rings (SSSR count). The second kappa shape index (κ2) is 6.14. The van der Waals surface area contributed by atoms with Crippen LogP contribution in [-0.2, 0) is 0 Å². The molecule has 0 saturated heterocycles. The van der Waals surface area contributed by atoms with Gasteiger partial charge in [-0.1, -0.05) is 44.0 Å². The van der Waals surface area contributed by atoms with Crippen LogP contribution in [0.5, 0.6) is 5.75 Å². The third-order valence-corrected chi connectivity index (χ3v) is 4.19. The summed E-state index contributed by atoms with van der Waals surface area (Å²) in [4.78, 5) is 0. The molecule has 1 aromatic rings. The van der Waals surface area contributed by atoms with Crippen molar-refractivity contribution in [1.82, 2.24) is 5.32 Å². The van der Waals surface area contributed by atoms with E-state index in [1.54, 1.807) is 13.2 Å². The minimum atomic E-state index is 0.0936. The van der Waals surface area contributed by atoms with Gasteiger partial charge in [0, 0.05) is 17.1 Å². The molecule has 0 aliphatic heterocycles.